The molecule has 1 fully saturated rings. The van der Waals surface area contributed by atoms with Gasteiger partial charge in [-0.2, -0.15) is 0 Å². The van der Waals surface area contributed by atoms with Gasteiger partial charge in [0.25, 0.3) is 0 Å². The lowest BCUT2D eigenvalue weighted by Crippen LogP contribution is -3.61. The normalized spacial score (nSPS) is 22.2. The largest absolute Gasteiger partial charge is 0.490 e. The SMILES string of the molecule is CC(COc1ccc([I+]c2ccccc2)cc1)OC(=O)NC1CC(C)(C)CC(C)(CN=C=O)C1. The lowest BCUT2D eigenvalue weighted by Gasteiger charge is -2.45. The zero-order chi connectivity index (χ0) is 24.6. The van der Waals surface area contributed by atoms with E-state index in [1.165, 1.54) is 7.14 Å². The fourth-order valence-electron chi connectivity index (χ4n) is 4.91. The van der Waals surface area contributed by atoms with E-state index in [0.717, 1.165) is 25.0 Å². The summed E-state index contributed by atoms with van der Waals surface area (Å²) in [7, 11) is 0. The highest BCUT2D eigenvalue weighted by Crippen LogP contribution is 2.46. The average Bonchev–Trinajstić information content (AvgIpc) is 2.76. The minimum absolute atomic E-state index is 0.0309. The Morgan fingerprint density at radius 2 is 1.79 bits per heavy atom. The Bertz CT molecular complexity index is 989. The number of aliphatic imine (C=N–C) groups is 1. The highest BCUT2D eigenvalue weighted by molar-refractivity contribution is 5.67. The molecule has 3 unspecified atom stereocenters. The van der Waals surface area contributed by atoms with E-state index in [1.54, 1.807) is 6.08 Å². The van der Waals surface area contributed by atoms with Gasteiger partial charge in [-0.25, -0.2) is 14.6 Å². The van der Waals surface area contributed by atoms with Crippen LogP contribution in [0.15, 0.2) is 59.6 Å². The van der Waals surface area contributed by atoms with Crippen LogP contribution in [0, 0.1) is 18.0 Å². The van der Waals surface area contributed by atoms with Crippen molar-refractivity contribution in [3.8, 4) is 5.75 Å². The number of carbonyl (C=O) groups is 1. The molecule has 1 saturated carbocycles. The number of nitrogens with one attached hydrogen (secondary N) is 1. The molecule has 1 aliphatic rings. The second-order valence-electron chi connectivity index (χ2n) is 10.2. The minimum atomic E-state index is -0.442. The Labute approximate surface area is 212 Å². The standard InChI is InChI=1S/C27H33IN2O4/c1-20(16-33-24-12-10-22(11-13-24)28-21-8-6-5-7-9-21)34-25(32)30-23-14-26(2,3)17-27(4,15-23)18-29-19-31/h5-13,20,23H,14-18H2,1-4H3/p+1. The van der Waals surface area contributed by atoms with E-state index < -0.39 is 6.09 Å². The molecule has 0 heterocycles. The minimum Gasteiger partial charge on any atom is -0.490 e. The molecule has 34 heavy (non-hydrogen) atoms. The van der Waals surface area contributed by atoms with Crippen LogP contribution in [0.5, 0.6) is 5.75 Å². The molecule has 3 rings (SSSR count). The fraction of sp³-hybridized carbons (Fsp3) is 0.481. The lowest BCUT2D eigenvalue weighted by molar-refractivity contribution is -0.597. The van der Waals surface area contributed by atoms with Gasteiger partial charge in [0.15, 0.2) is 7.14 Å². The van der Waals surface area contributed by atoms with Gasteiger partial charge in [0.2, 0.25) is 6.08 Å². The van der Waals surface area contributed by atoms with Gasteiger partial charge in [0, 0.05) is 6.04 Å². The first-order valence-electron chi connectivity index (χ1n) is 11.6. The topological polar surface area (TPSA) is 77.0 Å². The van der Waals surface area contributed by atoms with Crippen molar-refractivity contribution in [3.05, 3.63) is 61.7 Å². The Morgan fingerprint density at radius 1 is 1.12 bits per heavy atom. The van der Waals surface area contributed by atoms with Crippen molar-refractivity contribution in [3.63, 3.8) is 0 Å². The first-order chi connectivity index (χ1) is 16.2. The zero-order valence-electron chi connectivity index (χ0n) is 20.3. The van der Waals surface area contributed by atoms with Crippen molar-refractivity contribution < 1.29 is 40.3 Å². The molecule has 1 aliphatic carbocycles. The third-order valence-electron chi connectivity index (χ3n) is 5.85. The van der Waals surface area contributed by atoms with Crippen LogP contribution in [0.3, 0.4) is 0 Å². The zero-order valence-corrected chi connectivity index (χ0v) is 22.5. The van der Waals surface area contributed by atoms with E-state index in [0.29, 0.717) is 6.54 Å². The lowest BCUT2D eigenvalue weighted by atomic mass is 9.62. The van der Waals surface area contributed by atoms with Gasteiger partial charge >= 0.3 is 27.3 Å². The molecule has 6 nitrogen and oxygen atoms in total. The Morgan fingerprint density at radius 3 is 2.47 bits per heavy atom. The average molecular weight is 577 g/mol. The molecule has 0 aromatic heterocycles. The van der Waals surface area contributed by atoms with E-state index in [4.69, 9.17) is 9.47 Å². The Hall–Kier alpha value is -2.38. The summed E-state index contributed by atoms with van der Waals surface area (Å²) in [6.07, 6.45) is 3.35. The van der Waals surface area contributed by atoms with E-state index in [2.05, 4.69) is 67.5 Å². The number of isocyanates is 1. The molecule has 0 bridgehead atoms. The summed E-state index contributed by atoms with van der Waals surface area (Å²) >= 11 is -0.204. The van der Waals surface area contributed by atoms with Crippen LogP contribution in [0.4, 0.5) is 4.79 Å². The molecular weight excluding hydrogens is 543 g/mol. The van der Waals surface area contributed by atoms with Crippen LogP contribution in [-0.4, -0.2) is 37.5 Å². The van der Waals surface area contributed by atoms with Crippen molar-refractivity contribution in [1.29, 1.82) is 0 Å². The van der Waals surface area contributed by atoms with Gasteiger partial charge in [-0.15, -0.1) is 0 Å². The number of benzene rings is 2. The third kappa shape index (κ3) is 8.44. The molecule has 1 N–H and O–H groups in total. The maximum Gasteiger partial charge on any atom is 0.407 e. The molecule has 2 aromatic carbocycles. The number of hydrogen-bond donors (Lipinski definition) is 1. The van der Waals surface area contributed by atoms with Crippen LogP contribution >= 0.6 is 0 Å². The highest BCUT2D eigenvalue weighted by Gasteiger charge is 2.42. The van der Waals surface area contributed by atoms with Crippen LogP contribution in [0.2, 0.25) is 0 Å². The summed E-state index contributed by atoms with van der Waals surface area (Å²) in [6.45, 7) is 8.99. The summed E-state index contributed by atoms with van der Waals surface area (Å²) < 4.78 is 14.1. The van der Waals surface area contributed by atoms with Crippen molar-refractivity contribution >= 4 is 12.2 Å². The van der Waals surface area contributed by atoms with Crippen LogP contribution in [0.25, 0.3) is 0 Å². The summed E-state index contributed by atoms with van der Waals surface area (Å²) in [5, 5.41) is 3.01. The maximum atomic E-state index is 12.5. The number of nitrogens with zero attached hydrogens (tertiary/aromatic N) is 1. The fourth-order valence-corrected chi connectivity index (χ4v) is 7.12. The maximum absolute atomic E-state index is 12.5. The summed E-state index contributed by atoms with van der Waals surface area (Å²) in [4.78, 5) is 26.9. The molecule has 182 valence electrons. The number of carbonyl (C=O) groups excluding carboxylic acids is 2. The molecule has 3 atom stereocenters. The first kappa shape index (κ1) is 26.2. The second-order valence-corrected chi connectivity index (χ2v) is 13.2. The van der Waals surface area contributed by atoms with Crippen molar-refractivity contribution in [2.45, 2.75) is 59.1 Å². The molecule has 1 amide bonds. The number of halogens is 1. The Kier molecular flexibility index (Phi) is 9.14. The van der Waals surface area contributed by atoms with Crippen molar-refractivity contribution in [2.75, 3.05) is 13.2 Å². The quantitative estimate of drug-likeness (QED) is 0.282. The van der Waals surface area contributed by atoms with Crippen LogP contribution < -0.4 is 31.3 Å². The van der Waals surface area contributed by atoms with Crippen LogP contribution in [0.1, 0.15) is 47.0 Å². The van der Waals surface area contributed by atoms with E-state index in [-0.39, 0.29) is 50.8 Å². The van der Waals surface area contributed by atoms with Gasteiger partial charge in [-0.05, 0) is 73.4 Å². The number of ether oxygens (including phenoxy) is 2. The van der Waals surface area contributed by atoms with Gasteiger partial charge in [0.05, 0.1) is 6.54 Å². The van der Waals surface area contributed by atoms with Gasteiger partial charge in [0.1, 0.15) is 18.5 Å². The number of rotatable bonds is 9. The van der Waals surface area contributed by atoms with E-state index in [9.17, 15) is 9.59 Å². The summed E-state index contributed by atoms with van der Waals surface area (Å²) in [5.41, 5.74) is -0.117. The van der Waals surface area contributed by atoms with Crippen molar-refractivity contribution in [1.82, 2.24) is 5.32 Å². The van der Waals surface area contributed by atoms with Crippen LogP contribution in [-0.2, 0) is 9.53 Å². The first-order valence-corrected chi connectivity index (χ1v) is 13.8. The van der Waals surface area contributed by atoms with Gasteiger partial charge in [-0.1, -0.05) is 39.0 Å². The number of amides is 1. The Balaban J connectivity index is 1.45. The molecule has 0 saturated heterocycles. The van der Waals surface area contributed by atoms with Gasteiger partial charge in [-0.3, -0.25) is 0 Å². The number of hydrogen-bond acceptors (Lipinski definition) is 5. The monoisotopic (exact) mass is 577 g/mol. The molecular formula is C27H34IN2O4+. The molecule has 7 heteroatoms. The van der Waals surface area contributed by atoms with Gasteiger partial charge < -0.3 is 14.8 Å². The predicted octanol–water partition coefficient (Wildman–Crippen LogP) is 2.23. The summed E-state index contributed by atoms with van der Waals surface area (Å²) in [6, 6.07) is 18.6. The summed E-state index contributed by atoms with van der Waals surface area (Å²) in [5.74, 6) is 0.761. The predicted molar refractivity (Wildman–Crippen MR) is 127 cm³/mol. The van der Waals surface area contributed by atoms with Crippen molar-refractivity contribution in [2.24, 2.45) is 15.8 Å². The van der Waals surface area contributed by atoms with E-state index in [1.807, 2.05) is 25.1 Å². The molecule has 0 aliphatic heterocycles. The second kappa shape index (κ2) is 11.8. The molecule has 2 aromatic rings. The molecule has 0 spiro atoms. The number of alkyl carbamates (subject to hydrolysis) is 1. The molecule has 0 radical (unpaired) electrons. The smallest absolute Gasteiger partial charge is 0.407 e. The highest BCUT2D eigenvalue weighted by atomic mass is 127. The third-order valence-corrected chi connectivity index (χ3v) is 8.53. The van der Waals surface area contributed by atoms with E-state index >= 15 is 0 Å².